The SMILES string of the molecule is CCCCCCCCC/C=C\CCCCCCCCCCOCC(COC1OC(CO)C(O)C(O)C1O)OC(=O)CCCCCCCCCCCCC/C=C\CCCCCCCCCC. The second-order valence-corrected chi connectivity index (χ2v) is 19.4. The molecule has 1 heterocycles. The van der Waals surface area contributed by atoms with E-state index in [1.165, 1.54) is 212 Å². The largest absolute Gasteiger partial charge is 0.457 e. The summed E-state index contributed by atoms with van der Waals surface area (Å²) in [4.78, 5) is 12.9. The van der Waals surface area contributed by atoms with Gasteiger partial charge in [0.1, 0.15) is 30.5 Å². The summed E-state index contributed by atoms with van der Waals surface area (Å²) in [6.07, 6.45) is 50.8. The lowest BCUT2D eigenvalue weighted by Crippen LogP contribution is -2.59. The van der Waals surface area contributed by atoms with E-state index in [1.807, 2.05) is 0 Å². The Kier molecular flexibility index (Phi) is 45.3. The molecule has 9 nitrogen and oxygen atoms in total. The van der Waals surface area contributed by atoms with Gasteiger partial charge in [-0.1, -0.05) is 218 Å². The highest BCUT2D eigenvalue weighted by atomic mass is 16.7. The highest BCUT2D eigenvalue weighted by molar-refractivity contribution is 5.69. The van der Waals surface area contributed by atoms with Gasteiger partial charge in [0.2, 0.25) is 0 Å². The molecular weight excluding hydrogens is 817 g/mol. The second-order valence-electron chi connectivity index (χ2n) is 19.4. The summed E-state index contributed by atoms with van der Waals surface area (Å²) in [6, 6.07) is 0. The fraction of sp³-hybridized carbons (Fsp3) is 0.911. The Balaban J connectivity index is 2.16. The fourth-order valence-corrected chi connectivity index (χ4v) is 8.72. The quantitative estimate of drug-likeness (QED) is 0.0267. The van der Waals surface area contributed by atoms with Crippen molar-refractivity contribution in [2.45, 2.75) is 301 Å². The average molecular weight is 923 g/mol. The van der Waals surface area contributed by atoms with Crippen LogP contribution in [0.2, 0.25) is 0 Å². The molecular formula is C56H106O9. The van der Waals surface area contributed by atoms with Crippen LogP contribution in [0.15, 0.2) is 24.3 Å². The zero-order valence-corrected chi connectivity index (χ0v) is 42.5. The Morgan fingerprint density at radius 1 is 0.477 bits per heavy atom. The molecule has 1 aliphatic rings. The molecule has 0 aliphatic carbocycles. The van der Waals surface area contributed by atoms with Crippen molar-refractivity contribution in [3.05, 3.63) is 24.3 Å². The molecule has 1 rings (SSSR count). The number of aliphatic hydroxyl groups is 4. The molecule has 384 valence electrons. The number of esters is 1. The van der Waals surface area contributed by atoms with Gasteiger partial charge in [0.25, 0.3) is 0 Å². The van der Waals surface area contributed by atoms with Crippen LogP contribution in [0.25, 0.3) is 0 Å². The number of allylic oxidation sites excluding steroid dienone is 4. The third kappa shape index (κ3) is 38.2. The minimum Gasteiger partial charge on any atom is -0.457 e. The molecule has 4 N–H and O–H groups in total. The molecule has 6 atom stereocenters. The molecule has 0 aromatic heterocycles. The van der Waals surface area contributed by atoms with E-state index in [4.69, 9.17) is 18.9 Å². The Labute approximate surface area is 400 Å². The fourth-order valence-electron chi connectivity index (χ4n) is 8.72. The maximum absolute atomic E-state index is 12.9. The number of hydrogen-bond donors (Lipinski definition) is 4. The molecule has 0 saturated carbocycles. The van der Waals surface area contributed by atoms with Crippen LogP contribution in [-0.2, 0) is 23.7 Å². The van der Waals surface area contributed by atoms with E-state index in [9.17, 15) is 25.2 Å². The number of unbranched alkanes of at least 4 members (excludes halogenated alkanes) is 34. The molecule has 1 aliphatic heterocycles. The molecule has 0 bridgehead atoms. The number of hydrogen-bond acceptors (Lipinski definition) is 9. The van der Waals surface area contributed by atoms with E-state index in [0.29, 0.717) is 13.0 Å². The molecule has 9 heteroatoms. The van der Waals surface area contributed by atoms with E-state index in [1.54, 1.807) is 0 Å². The lowest BCUT2D eigenvalue weighted by molar-refractivity contribution is -0.305. The number of carbonyl (C=O) groups excluding carboxylic acids is 1. The topological polar surface area (TPSA) is 135 Å². The molecule has 1 fully saturated rings. The first-order valence-corrected chi connectivity index (χ1v) is 27.9. The van der Waals surface area contributed by atoms with Crippen molar-refractivity contribution in [1.82, 2.24) is 0 Å². The van der Waals surface area contributed by atoms with Gasteiger partial charge in [-0.25, -0.2) is 0 Å². The van der Waals surface area contributed by atoms with Crippen LogP contribution in [0.4, 0.5) is 0 Å². The maximum Gasteiger partial charge on any atom is 0.306 e. The molecule has 0 amide bonds. The highest BCUT2D eigenvalue weighted by Gasteiger charge is 2.44. The molecule has 0 spiro atoms. The van der Waals surface area contributed by atoms with Gasteiger partial charge in [-0.3, -0.25) is 4.79 Å². The third-order valence-electron chi connectivity index (χ3n) is 13.1. The van der Waals surface area contributed by atoms with Crippen molar-refractivity contribution in [3.8, 4) is 0 Å². The van der Waals surface area contributed by atoms with Gasteiger partial charge in [0, 0.05) is 13.0 Å². The Hall–Kier alpha value is -1.33. The molecule has 1 saturated heterocycles. The first-order chi connectivity index (χ1) is 31.9. The van der Waals surface area contributed by atoms with Crippen molar-refractivity contribution < 1.29 is 44.2 Å². The summed E-state index contributed by atoms with van der Waals surface area (Å²) < 4.78 is 23.0. The number of ether oxygens (including phenoxy) is 4. The van der Waals surface area contributed by atoms with Crippen molar-refractivity contribution in [2.24, 2.45) is 0 Å². The van der Waals surface area contributed by atoms with E-state index in [2.05, 4.69) is 38.2 Å². The van der Waals surface area contributed by atoms with E-state index >= 15 is 0 Å². The first kappa shape index (κ1) is 61.7. The zero-order chi connectivity index (χ0) is 47.1. The summed E-state index contributed by atoms with van der Waals surface area (Å²) in [5.74, 6) is -0.311. The first-order valence-electron chi connectivity index (χ1n) is 27.9. The minimum atomic E-state index is -1.54. The van der Waals surface area contributed by atoms with Gasteiger partial charge < -0.3 is 39.4 Å². The van der Waals surface area contributed by atoms with Gasteiger partial charge in [0.05, 0.1) is 19.8 Å². The predicted molar refractivity (Wildman–Crippen MR) is 270 cm³/mol. The number of aliphatic hydroxyl groups excluding tert-OH is 4. The Bertz CT molecular complexity index is 1050. The van der Waals surface area contributed by atoms with Crippen molar-refractivity contribution in [3.63, 3.8) is 0 Å². The number of carbonyl (C=O) groups is 1. The minimum absolute atomic E-state index is 0.111. The number of rotatable bonds is 49. The van der Waals surface area contributed by atoms with Crippen molar-refractivity contribution in [1.29, 1.82) is 0 Å². The van der Waals surface area contributed by atoms with Gasteiger partial charge in [-0.05, 0) is 64.2 Å². The summed E-state index contributed by atoms with van der Waals surface area (Å²) in [5.41, 5.74) is 0. The van der Waals surface area contributed by atoms with Crippen LogP contribution in [0.3, 0.4) is 0 Å². The standard InChI is InChI=1S/C56H106O9/c1-3-5-7-9-11-13-15-17-19-21-23-24-25-26-27-29-31-33-35-37-39-41-43-45-52(58)64-50(49-63-56-55(61)54(60)53(59)51(47-57)65-56)48-62-46-44-42-40-38-36-34-32-30-28-22-20-18-16-14-12-10-8-6-4-2/h20-23,50-51,53-57,59-61H,3-19,24-49H2,1-2H3/b22-20-,23-21-. The van der Waals surface area contributed by atoms with Crippen LogP contribution < -0.4 is 0 Å². The van der Waals surface area contributed by atoms with Crippen LogP contribution in [0.1, 0.15) is 264 Å². The van der Waals surface area contributed by atoms with Crippen LogP contribution in [-0.4, -0.2) is 89.6 Å². The van der Waals surface area contributed by atoms with Gasteiger partial charge in [-0.2, -0.15) is 0 Å². The summed E-state index contributed by atoms with van der Waals surface area (Å²) in [6.45, 7) is 4.60. The summed E-state index contributed by atoms with van der Waals surface area (Å²) >= 11 is 0. The predicted octanol–water partition coefficient (Wildman–Crippen LogP) is 14.1. The van der Waals surface area contributed by atoms with Gasteiger partial charge >= 0.3 is 5.97 Å². The van der Waals surface area contributed by atoms with E-state index in [-0.39, 0.29) is 19.2 Å². The zero-order valence-electron chi connectivity index (χ0n) is 42.5. The van der Waals surface area contributed by atoms with Crippen LogP contribution >= 0.6 is 0 Å². The van der Waals surface area contributed by atoms with E-state index in [0.717, 1.165) is 32.1 Å². The van der Waals surface area contributed by atoms with Crippen LogP contribution in [0.5, 0.6) is 0 Å². The lowest BCUT2D eigenvalue weighted by atomic mass is 9.99. The molecule has 0 aromatic rings. The van der Waals surface area contributed by atoms with Gasteiger partial charge in [-0.15, -0.1) is 0 Å². The normalized spacial score (nSPS) is 19.5. The molecule has 0 aromatic carbocycles. The summed E-state index contributed by atoms with van der Waals surface area (Å²) in [7, 11) is 0. The maximum atomic E-state index is 12.9. The van der Waals surface area contributed by atoms with E-state index < -0.39 is 43.4 Å². The van der Waals surface area contributed by atoms with Crippen molar-refractivity contribution in [2.75, 3.05) is 26.4 Å². The highest BCUT2D eigenvalue weighted by Crippen LogP contribution is 2.23. The third-order valence-corrected chi connectivity index (χ3v) is 13.1. The monoisotopic (exact) mass is 923 g/mol. The Morgan fingerprint density at radius 3 is 1.25 bits per heavy atom. The Morgan fingerprint density at radius 2 is 0.846 bits per heavy atom. The molecule has 0 radical (unpaired) electrons. The average Bonchev–Trinajstić information content (AvgIpc) is 3.31. The molecule has 6 unspecified atom stereocenters. The lowest BCUT2D eigenvalue weighted by Gasteiger charge is -2.39. The molecule has 65 heavy (non-hydrogen) atoms. The smallest absolute Gasteiger partial charge is 0.306 e. The van der Waals surface area contributed by atoms with Crippen LogP contribution in [0, 0.1) is 0 Å². The van der Waals surface area contributed by atoms with Crippen molar-refractivity contribution >= 4 is 5.97 Å². The second kappa shape index (κ2) is 47.7. The summed E-state index contributed by atoms with van der Waals surface area (Å²) in [5, 5.41) is 40.3. The van der Waals surface area contributed by atoms with Gasteiger partial charge in [0.15, 0.2) is 6.29 Å².